The van der Waals surface area contributed by atoms with Gasteiger partial charge in [-0.2, -0.15) is 0 Å². The van der Waals surface area contributed by atoms with E-state index in [2.05, 4.69) is 10.3 Å². The Labute approximate surface area is 105 Å². The molecule has 2 aromatic rings. The van der Waals surface area contributed by atoms with E-state index in [9.17, 15) is 0 Å². The predicted octanol–water partition coefficient (Wildman–Crippen LogP) is 3.09. The lowest BCUT2D eigenvalue weighted by Crippen LogP contribution is -2.19. The summed E-state index contributed by atoms with van der Waals surface area (Å²) in [5.41, 5.74) is 1.95. The van der Waals surface area contributed by atoms with Gasteiger partial charge in [0.25, 0.3) is 0 Å². The van der Waals surface area contributed by atoms with Crippen molar-refractivity contribution in [3.8, 4) is 0 Å². The van der Waals surface area contributed by atoms with Crippen LogP contribution in [0.3, 0.4) is 0 Å². The van der Waals surface area contributed by atoms with E-state index in [-0.39, 0.29) is 0 Å². The summed E-state index contributed by atoms with van der Waals surface area (Å²) in [5.74, 6) is 0. The topological polar surface area (TPSA) is 34.1 Å². The Balaban J connectivity index is 2.01. The Morgan fingerprint density at radius 3 is 3.12 bits per heavy atom. The maximum Gasteiger partial charge on any atom is 0.0948 e. The second-order valence-corrected chi connectivity index (χ2v) is 4.61. The molecule has 1 N–H and O–H groups in total. The number of ether oxygens (including phenoxy) is 1. The molecule has 0 aliphatic carbocycles. The Kier molecular flexibility index (Phi) is 2.87. The lowest BCUT2D eigenvalue weighted by molar-refractivity contribution is 0.195. The van der Waals surface area contributed by atoms with E-state index < -0.39 is 0 Å². The first-order chi connectivity index (χ1) is 8.34. The molecule has 0 saturated carbocycles. The minimum Gasteiger partial charge on any atom is -0.379 e. The Morgan fingerprint density at radius 1 is 1.35 bits per heavy atom. The highest BCUT2D eigenvalue weighted by Crippen LogP contribution is 2.28. The van der Waals surface area contributed by atoms with Crippen LogP contribution in [0, 0.1) is 0 Å². The lowest BCUT2D eigenvalue weighted by Gasteiger charge is -2.14. The maximum atomic E-state index is 6.15. The molecular weight excluding hydrogens is 236 g/mol. The monoisotopic (exact) mass is 248 g/mol. The highest BCUT2D eigenvalue weighted by Gasteiger charge is 2.16. The molecule has 1 aliphatic heterocycles. The average molecular weight is 249 g/mol. The molecule has 1 saturated heterocycles. The summed E-state index contributed by atoms with van der Waals surface area (Å²) in [4.78, 5) is 4.40. The Morgan fingerprint density at radius 2 is 2.29 bits per heavy atom. The molecule has 88 valence electrons. The number of fused-ring (bicyclic) bond motifs is 1. The molecule has 1 aromatic carbocycles. The first kappa shape index (κ1) is 10.8. The number of anilines is 1. The van der Waals surface area contributed by atoms with Crippen molar-refractivity contribution in [2.75, 3.05) is 18.5 Å². The Bertz CT molecular complexity index is 538. The van der Waals surface area contributed by atoms with Crippen molar-refractivity contribution in [3.05, 3.63) is 35.5 Å². The third-order valence-corrected chi connectivity index (χ3v) is 3.34. The first-order valence-electron chi connectivity index (χ1n) is 5.72. The molecule has 1 fully saturated rings. The maximum absolute atomic E-state index is 6.15. The quantitative estimate of drug-likeness (QED) is 0.887. The molecule has 0 radical (unpaired) electrons. The van der Waals surface area contributed by atoms with Gasteiger partial charge in [-0.1, -0.05) is 11.6 Å². The number of hydrogen-bond donors (Lipinski definition) is 1. The fourth-order valence-corrected chi connectivity index (χ4v) is 2.34. The summed E-state index contributed by atoms with van der Waals surface area (Å²) in [7, 11) is 0. The molecule has 1 aromatic heterocycles. The molecule has 1 aliphatic rings. The SMILES string of the molecule is Clc1ccc(NC2CCOC2)c2ncccc12. The molecular formula is C13H13ClN2O. The molecule has 0 spiro atoms. The van der Waals surface area contributed by atoms with Gasteiger partial charge >= 0.3 is 0 Å². The van der Waals surface area contributed by atoms with Crippen molar-refractivity contribution >= 4 is 28.2 Å². The second kappa shape index (κ2) is 4.51. The summed E-state index contributed by atoms with van der Waals surface area (Å²) in [5, 5.41) is 5.19. The van der Waals surface area contributed by atoms with Gasteiger partial charge in [0.05, 0.1) is 28.9 Å². The van der Waals surface area contributed by atoms with Crippen molar-refractivity contribution in [3.63, 3.8) is 0 Å². The predicted molar refractivity (Wildman–Crippen MR) is 69.6 cm³/mol. The van der Waals surface area contributed by atoms with E-state index in [1.807, 2.05) is 24.3 Å². The molecule has 0 amide bonds. The summed E-state index contributed by atoms with van der Waals surface area (Å²) in [6, 6.07) is 8.15. The zero-order chi connectivity index (χ0) is 11.7. The molecule has 0 bridgehead atoms. The number of rotatable bonds is 2. The largest absolute Gasteiger partial charge is 0.379 e. The van der Waals surface area contributed by atoms with E-state index in [1.54, 1.807) is 6.20 Å². The van der Waals surface area contributed by atoms with Crippen molar-refractivity contribution in [2.24, 2.45) is 0 Å². The van der Waals surface area contributed by atoms with Crippen LogP contribution in [0.15, 0.2) is 30.5 Å². The summed E-state index contributed by atoms with van der Waals surface area (Å²) >= 11 is 6.15. The van der Waals surface area contributed by atoms with Crippen LogP contribution in [0.4, 0.5) is 5.69 Å². The van der Waals surface area contributed by atoms with Gasteiger partial charge in [-0.25, -0.2) is 0 Å². The van der Waals surface area contributed by atoms with Crippen LogP contribution < -0.4 is 5.32 Å². The zero-order valence-electron chi connectivity index (χ0n) is 9.32. The minimum absolute atomic E-state index is 0.376. The highest BCUT2D eigenvalue weighted by molar-refractivity contribution is 6.35. The van der Waals surface area contributed by atoms with Gasteiger partial charge in [0.2, 0.25) is 0 Å². The number of hydrogen-bond acceptors (Lipinski definition) is 3. The van der Waals surface area contributed by atoms with E-state index in [0.29, 0.717) is 6.04 Å². The lowest BCUT2D eigenvalue weighted by atomic mass is 10.1. The van der Waals surface area contributed by atoms with Crippen LogP contribution in [0.2, 0.25) is 5.02 Å². The molecule has 1 unspecified atom stereocenters. The third kappa shape index (κ3) is 2.08. The fourth-order valence-electron chi connectivity index (χ4n) is 2.12. The normalized spacial score (nSPS) is 19.7. The van der Waals surface area contributed by atoms with Gasteiger partial charge in [-0.05, 0) is 30.7 Å². The van der Waals surface area contributed by atoms with E-state index in [1.165, 1.54) is 0 Å². The van der Waals surface area contributed by atoms with Crippen molar-refractivity contribution in [2.45, 2.75) is 12.5 Å². The second-order valence-electron chi connectivity index (χ2n) is 4.20. The van der Waals surface area contributed by atoms with Gasteiger partial charge in [0.15, 0.2) is 0 Å². The number of aromatic nitrogens is 1. The van der Waals surface area contributed by atoms with Crippen LogP contribution in [-0.4, -0.2) is 24.2 Å². The number of halogens is 1. The zero-order valence-corrected chi connectivity index (χ0v) is 10.1. The molecule has 3 nitrogen and oxygen atoms in total. The van der Waals surface area contributed by atoms with Crippen LogP contribution in [0.25, 0.3) is 10.9 Å². The molecule has 17 heavy (non-hydrogen) atoms. The van der Waals surface area contributed by atoms with Gasteiger partial charge in [-0.15, -0.1) is 0 Å². The van der Waals surface area contributed by atoms with Crippen LogP contribution in [0.5, 0.6) is 0 Å². The van der Waals surface area contributed by atoms with Crippen LogP contribution >= 0.6 is 11.6 Å². The van der Waals surface area contributed by atoms with Gasteiger partial charge in [-0.3, -0.25) is 4.98 Å². The average Bonchev–Trinajstić information content (AvgIpc) is 2.86. The van der Waals surface area contributed by atoms with Gasteiger partial charge < -0.3 is 10.1 Å². The van der Waals surface area contributed by atoms with Crippen molar-refractivity contribution in [1.29, 1.82) is 0 Å². The molecule has 2 heterocycles. The first-order valence-corrected chi connectivity index (χ1v) is 6.10. The molecule has 3 rings (SSSR count). The number of benzene rings is 1. The van der Waals surface area contributed by atoms with Crippen molar-refractivity contribution < 1.29 is 4.74 Å². The highest BCUT2D eigenvalue weighted by atomic mass is 35.5. The summed E-state index contributed by atoms with van der Waals surface area (Å²) in [6.07, 6.45) is 2.83. The molecule has 4 heteroatoms. The number of nitrogens with one attached hydrogen (secondary N) is 1. The standard InChI is InChI=1S/C13H13ClN2O/c14-11-3-4-12(16-9-5-7-17-8-9)13-10(11)2-1-6-15-13/h1-4,6,9,16H,5,7-8H2. The van der Waals surface area contributed by atoms with E-state index in [4.69, 9.17) is 16.3 Å². The number of nitrogens with zero attached hydrogens (tertiary/aromatic N) is 1. The minimum atomic E-state index is 0.376. The van der Waals surface area contributed by atoms with Gasteiger partial charge in [0.1, 0.15) is 0 Å². The van der Waals surface area contributed by atoms with Gasteiger partial charge in [0, 0.05) is 18.2 Å². The smallest absolute Gasteiger partial charge is 0.0948 e. The number of pyridine rings is 1. The third-order valence-electron chi connectivity index (χ3n) is 3.01. The van der Waals surface area contributed by atoms with E-state index in [0.717, 1.165) is 41.2 Å². The van der Waals surface area contributed by atoms with Crippen LogP contribution in [0.1, 0.15) is 6.42 Å². The summed E-state index contributed by atoms with van der Waals surface area (Å²) < 4.78 is 5.36. The summed E-state index contributed by atoms with van der Waals surface area (Å²) in [6.45, 7) is 1.59. The van der Waals surface area contributed by atoms with Crippen LogP contribution in [-0.2, 0) is 4.74 Å². The van der Waals surface area contributed by atoms with E-state index >= 15 is 0 Å². The Hall–Kier alpha value is -1.32. The fraction of sp³-hybridized carbons (Fsp3) is 0.308. The molecule has 1 atom stereocenters. The van der Waals surface area contributed by atoms with Crippen molar-refractivity contribution in [1.82, 2.24) is 4.98 Å².